The average Bonchev–Trinajstić information content (AvgIpc) is 3.42. The zero-order valence-corrected chi connectivity index (χ0v) is 21.5. The molecule has 36 heavy (non-hydrogen) atoms. The first kappa shape index (κ1) is 24.4. The van der Waals surface area contributed by atoms with Gasteiger partial charge in [0.2, 0.25) is 5.88 Å². The first-order valence-corrected chi connectivity index (χ1v) is 11.5. The van der Waals surface area contributed by atoms with Crippen LogP contribution in [0, 0.1) is 24.6 Å². The van der Waals surface area contributed by atoms with Crippen LogP contribution in [0.15, 0.2) is 59.6 Å². The predicted octanol–water partition coefficient (Wildman–Crippen LogP) is 6.48. The first-order chi connectivity index (χ1) is 16.9. The van der Waals surface area contributed by atoms with Crippen LogP contribution in [0.2, 0.25) is 0 Å². The third kappa shape index (κ3) is 4.48. The number of pyridine rings is 1. The second-order valence-electron chi connectivity index (χ2n) is 8.94. The number of aliphatic imine (C=N–C) groups is 1. The molecule has 0 spiro atoms. The summed E-state index contributed by atoms with van der Waals surface area (Å²) in [6, 6.07) is 17.0. The minimum atomic E-state index is -0.691. The number of rotatable bonds is 4. The first-order valence-electron chi connectivity index (χ1n) is 11.5. The summed E-state index contributed by atoms with van der Waals surface area (Å²) < 4.78 is 41.3. The van der Waals surface area contributed by atoms with Crippen LogP contribution >= 0.6 is 0 Å². The molecule has 1 N–H and O–H groups in total. The molecule has 2 aliphatic rings. The summed E-state index contributed by atoms with van der Waals surface area (Å²) in [6.07, 6.45) is 2.95. The molecule has 1 aliphatic carbocycles. The quantitative estimate of drug-likeness (QED) is 0.254. The van der Waals surface area contributed by atoms with Gasteiger partial charge in [-0.2, -0.15) is 0 Å². The molecule has 1 saturated carbocycles. The molecule has 1 aromatic heterocycles. The van der Waals surface area contributed by atoms with Crippen molar-refractivity contribution in [3.8, 4) is 28.5 Å². The van der Waals surface area contributed by atoms with Crippen LogP contribution in [0.4, 0.5) is 8.78 Å². The van der Waals surface area contributed by atoms with Gasteiger partial charge < -0.3 is 14.6 Å². The summed E-state index contributed by atoms with van der Waals surface area (Å²) in [4.78, 5) is 9.10. The minimum Gasteiger partial charge on any atom is -0.515 e. The van der Waals surface area contributed by atoms with Gasteiger partial charge in [-0.05, 0) is 62.1 Å². The maximum absolute atomic E-state index is 14.7. The van der Waals surface area contributed by atoms with Gasteiger partial charge in [0.1, 0.15) is 34.9 Å². The fourth-order valence-electron chi connectivity index (χ4n) is 4.79. The number of hydrogen-bond donors (Lipinski definition) is 1. The van der Waals surface area contributed by atoms with E-state index in [9.17, 15) is 13.9 Å². The monoisotopic (exact) mass is 666 g/mol. The average molecular weight is 667 g/mol. The van der Waals surface area contributed by atoms with Crippen LogP contribution in [-0.4, -0.2) is 28.1 Å². The van der Waals surface area contributed by atoms with E-state index in [2.05, 4.69) is 16.0 Å². The number of aromatic nitrogens is 1. The van der Waals surface area contributed by atoms with Gasteiger partial charge in [-0.15, -0.1) is 6.07 Å². The number of aromatic hydroxyl groups is 1. The largest absolute Gasteiger partial charge is 0.515 e. The van der Waals surface area contributed by atoms with Crippen LogP contribution in [0.1, 0.15) is 30.4 Å². The van der Waals surface area contributed by atoms with Crippen LogP contribution in [0.5, 0.6) is 17.4 Å². The second-order valence-corrected chi connectivity index (χ2v) is 8.94. The fourth-order valence-corrected chi connectivity index (χ4v) is 4.79. The summed E-state index contributed by atoms with van der Waals surface area (Å²) in [7, 11) is 0. The second kappa shape index (κ2) is 9.62. The van der Waals surface area contributed by atoms with Gasteiger partial charge in [0.25, 0.3) is 0 Å². The Hall–Kier alpha value is -3.31. The van der Waals surface area contributed by atoms with E-state index in [1.165, 1.54) is 24.3 Å². The van der Waals surface area contributed by atoms with Crippen molar-refractivity contribution in [1.82, 2.24) is 4.98 Å². The zero-order valence-electron chi connectivity index (χ0n) is 19.2. The van der Waals surface area contributed by atoms with Crippen LogP contribution < -0.4 is 4.74 Å². The molecule has 0 saturated heterocycles. The Morgan fingerprint density at radius 2 is 1.86 bits per heavy atom. The van der Waals surface area contributed by atoms with Crippen LogP contribution in [-0.2, 0) is 25.8 Å². The normalized spacial score (nSPS) is 18.4. The Kier molecular flexibility index (Phi) is 6.52. The van der Waals surface area contributed by atoms with Gasteiger partial charge in [-0.1, -0.05) is 29.3 Å². The molecule has 8 heteroatoms. The molecule has 2 atom stereocenters. The van der Waals surface area contributed by atoms with Crippen molar-refractivity contribution < 1.29 is 44.4 Å². The number of ether oxygens (including phenoxy) is 2. The third-order valence-corrected chi connectivity index (χ3v) is 6.40. The molecule has 0 radical (unpaired) electrons. The molecular formula is C28H21F2N2O3Pt-. The number of halogens is 2. The summed E-state index contributed by atoms with van der Waals surface area (Å²) in [5, 5.41) is 11.1. The molecule has 2 heterocycles. The van der Waals surface area contributed by atoms with Gasteiger partial charge in [-0.3, -0.25) is 4.99 Å². The van der Waals surface area contributed by atoms with E-state index in [0.717, 1.165) is 30.2 Å². The molecule has 0 unspecified atom stereocenters. The van der Waals surface area contributed by atoms with Crippen molar-refractivity contribution in [2.24, 2.45) is 4.99 Å². The number of hydrogen-bond acceptors (Lipinski definition) is 5. The Morgan fingerprint density at radius 3 is 2.64 bits per heavy atom. The standard InChI is InChI=1S/C28H21F2N2O3.Pt/c1-15-10-16-8-9-25(32-27(16)23(33)11-15)34-19-13-17(26-20(29)4-2-5-21(26)30)12-18(14-19)28-31-22-6-3-7-24(22)35-28;/h2,4-5,8-13,22,24,33H,3,6-7H2,1H3;/q-1;/t22-,24+;/m0./s1. The van der Waals surface area contributed by atoms with E-state index in [-0.39, 0.29) is 61.7 Å². The Labute approximate surface area is 221 Å². The van der Waals surface area contributed by atoms with Crippen molar-refractivity contribution in [2.45, 2.75) is 38.3 Å². The van der Waals surface area contributed by atoms with E-state index in [4.69, 9.17) is 9.47 Å². The smallest absolute Gasteiger partial charge is 0.217 e. The van der Waals surface area contributed by atoms with Gasteiger partial charge in [0, 0.05) is 43.8 Å². The van der Waals surface area contributed by atoms with E-state index in [1.807, 2.05) is 13.0 Å². The molecule has 0 amide bonds. The summed E-state index contributed by atoms with van der Waals surface area (Å²) in [5.41, 5.74) is 1.85. The van der Waals surface area contributed by atoms with Gasteiger partial charge in [-0.25, -0.2) is 13.8 Å². The number of fused-ring (bicyclic) bond motifs is 2. The molecule has 3 aromatic carbocycles. The van der Waals surface area contributed by atoms with Gasteiger partial charge in [0.05, 0.1) is 6.04 Å². The van der Waals surface area contributed by atoms with E-state index in [0.29, 0.717) is 17.0 Å². The molecule has 4 aromatic rings. The SMILES string of the molecule is Cc1cc(O)c2nc(Oc3[c-]c(C4=N[C@H]5CCC[C@H]5O4)cc(-c4c(F)cccc4F)c3)ccc2c1.[Pt]. The summed E-state index contributed by atoms with van der Waals surface area (Å²) in [6.45, 7) is 1.88. The third-order valence-electron chi connectivity index (χ3n) is 6.40. The maximum atomic E-state index is 14.7. The van der Waals surface area contributed by atoms with Crippen LogP contribution in [0.3, 0.4) is 0 Å². The Balaban J connectivity index is 0.00000267. The van der Waals surface area contributed by atoms with E-state index < -0.39 is 11.6 Å². The summed E-state index contributed by atoms with van der Waals surface area (Å²) >= 11 is 0. The molecular weight excluding hydrogens is 645 g/mol. The van der Waals surface area contributed by atoms with Crippen molar-refractivity contribution in [3.63, 3.8) is 0 Å². The van der Waals surface area contributed by atoms with Crippen molar-refractivity contribution in [2.75, 3.05) is 0 Å². The Bertz CT molecular complexity index is 1490. The molecule has 5 nitrogen and oxygen atoms in total. The topological polar surface area (TPSA) is 63.9 Å². The van der Waals surface area contributed by atoms with Crippen molar-refractivity contribution in [3.05, 3.63) is 83.4 Å². The summed E-state index contributed by atoms with van der Waals surface area (Å²) in [5.74, 6) is -0.551. The van der Waals surface area contributed by atoms with Crippen molar-refractivity contribution >= 4 is 16.8 Å². The fraction of sp³-hybridized carbons (Fsp3) is 0.214. The van der Waals surface area contributed by atoms with E-state index in [1.54, 1.807) is 24.3 Å². The Morgan fingerprint density at radius 1 is 1.06 bits per heavy atom. The molecule has 6 rings (SSSR count). The minimum absolute atomic E-state index is 0. The van der Waals surface area contributed by atoms with Gasteiger partial charge >= 0.3 is 0 Å². The molecule has 1 aliphatic heterocycles. The molecule has 186 valence electrons. The number of nitrogens with zero attached hydrogens (tertiary/aromatic N) is 2. The number of phenolic OH excluding ortho intramolecular Hbond substituents is 1. The van der Waals surface area contributed by atoms with E-state index >= 15 is 0 Å². The number of phenols is 1. The maximum Gasteiger partial charge on any atom is 0.217 e. The van der Waals surface area contributed by atoms with Gasteiger partial charge in [0.15, 0.2) is 0 Å². The predicted molar refractivity (Wildman–Crippen MR) is 128 cm³/mol. The molecule has 0 bridgehead atoms. The van der Waals surface area contributed by atoms with Crippen molar-refractivity contribution in [1.29, 1.82) is 0 Å². The molecule has 1 fully saturated rings. The number of benzene rings is 3. The van der Waals surface area contributed by atoms with Crippen LogP contribution in [0.25, 0.3) is 22.0 Å². The zero-order chi connectivity index (χ0) is 24.1. The number of aryl methyl sites for hydroxylation is 1.